The van der Waals surface area contributed by atoms with Gasteiger partial charge >= 0.3 is 0 Å². The summed E-state index contributed by atoms with van der Waals surface area (Å²) in [6.07, 6.45) is 4.76. The molecule has 3 heterocycles. The van der Waals surface area contributed by atoms with Crippen molar-refractivity contribution >= 4 is 17.5 Å². The molecule has 0 bridgehead atoms. The molecule has 0 unspecified atom stereocenters. The van der Waals surface area contributed by atoms with Crippen LogP contribution in [0.15, 0.2) is 67.0 Å². The molecule has 0 saturated carbocycles. The number of rotatable bonds is 6. The molecular weight excluding hydrogens is 430 g/mol. The molecule has 8 nitrogen and oxygen atoms in total. The SMILES string of the molecule is O=C(CN1C(=O)COc2ccccc21)N1CCCN(Cc2nccn2Cc2ccccc2)CC1. The molecule has 8 heteroatoms. The van der Waals surface area contributed by atoms with Crippen LogP contribution in [0.1, 0.15) is 17.8 Å². The third kappa shape index (κ3) is 4.97. The Kier molecular flexibility index (Phi) is 6.58. The standard InChI is InChI=1S/C26H29N5O3/c32-25(19-31-22-9-4-5-10-23(22)34-20-26(31)33)29-13-6-12-28(15-16-29)18-24-27-11-14-30(24)17-21-7-2-1-3-8-21/h1-5,7-11,14H,6,12-13,15-20H2. The number of anilines is 1. The van der Waals surface area contributed by atoms with Crippen LogP contribution >= 0.6 is 0 Å². The van der Waals surface area contributed by atoms with Crippen molar-refractivity contribution < 1.29 is 14.3 Å². The minimum absolute atomic E-state index is 0.0301. The van der Waals surface area contributed by atoms with Gasteiger partial charge in [0.25, 0.3) is 5.91 Å². The molecule has 0 N–H and O–H groups in total. The molecule has 1 saturated heterocycles. The van der Waals surface area contributed by atoms with E-state index in [4.69, 9.17) is 4.74 Å². The van der Waals surface area contributed by atoms with Crippen molar-refractivity contribution in [1.29, 1.82) is 0 Å². The number of carbonyl (C=O) groups excluding carboxylic acids is 2. The molecule has 34 heavy (non-hydrogen) atoms. The van der Waals surface area contributed by atoms with Crippen molar-refractivity contribution in [2.75, 3.05) is 44.2 Å². The van der Waals surface area contributed by atoms with Gasteiger partial charge in [0.05, 0.1) is 12.2 Å². The first-order chi connectivity index (χ1) is 16.7. The Morgan fingerprint density at radius 2 is 1.76 bits per heavy atom. The van der Waals surface area contributed by atoms with Crippen molar-refractivity contribution in [2.45, 2.75) is 19.5 Å². The number of carbonyl (C=O) groups is 2. The molecule has 1 fully saturated rings. The zero-order chi connectivity index (χ0) is 23.3. The summed E-state index contributed by atoms with van der Waals surface area (Å²) < 4.78 is 7.68. The Morgan fingerprint density at radius 1 is 0.941 bits per heavy atom. The molecule has 5 rings (SSSR count). The zero-order valence-electron chi connectivity index (χ0n) is 19.2. The number of hydrogen-bond donors (Lipinski definition) is 0. The Hall–Kier alpha value is -3.65. The van der Waals surface area contributed by atoms with E-state index in [1.54, 1.807) is 4.90 Å². The lowest BCUT2D eigenvalue weighted by Gasteiger charge is -2.31. The minimum atomic E-state index is -0.186. The van der Waals surface area contributed by atoms with E-state index in [0.717, 1.165) is 38.4 Å². The normalized spacial score (nSPS) is 16.6. The van der Waals surface area contributed by atoms with Gasteiger partial charge in [-0.15, -0.1) is 0 Å². The number of amides is 2. The van der Waals surface area contributed by atoms with E-state index in [2.05, 4.69) is 38.7 Å². The first-order valence-electron chi connectivity index (χ1n) is 11.7. The zero-order valence-corrected chi connectivity index (χ0v) is 19.2. The van der Waals surface area contributed by atoms with E-state index in [-0.39, 0.29) is 25.0 Å². The van der Waals surface area contributed by atoms with Gasteiger partial charge in [-0.25, -0.2) is 4.98 Å². The van der Waals surface area contributed by atoms with Crippen LogP contribution in [-0.4, -0.2) is 70.5 Å². The second kappa shape index (κ2) is 10.1. The number of imidazole rings is 1. The predicted molar refractivity (Wildman–Crippen MR) is 129 cm³/mol. The first kappa shape index (κ1) is 22.2. The van der Waals surface area contributed by atoms with Gasteiger partial charge in [-0.2, -0.15) is 0 Å². The molecule has 0 atom stereocenters. The lowest BCUT2D eigenvalue weighted by atomic mass is 10.2. The summed E-state index contributed by atoms with van der Waals surface area (Å²) in [5.41, 5.74) is 1.91. The molecule has 0 radical (unpaired) electrons. The van der Waals surface area contributed by atoms with E-state index < -0.39 is 0 Å². The molecule has 0 spiro atoms. The summed E-state index contributed by atoms with van der Waals surface area (Å²) in [6, 6.07) is 17.7. The summed E-state index contributed by atoms with van der Waals surface area (Å²) in [5, 5.41) is 0. The Bertz CT molecular complexity index is 1150. The van der Waals surface area contributed by atoms with Gasteiger partial charge in [0, 0.05) is 45.1 Å². The Morgan fingerprint density at radius 3 is 2.65 bits per heavy atom. The molecule has 2 aliphatic rings. The average Bonchev–Trinajstić information content (AvgIpc) is 3.15. The van der Waals surface area contributed by atoms with Gasteiger partial charge in [0.1, 0.15) is 18.1 Å². The smallest absolute Gasteiger partial charge is 0.265 e. The van der Waals surface area contributed by atoms with Gasteiger partial charge in [-0.1, -0.05) is 42.5 Å². The van der Waals surface area contributed by atoms with Crippen LogP contribution in [0, 0.1) is 0 Å². The second-order valence-corrected chi connectivity index (χ2v) is 8.70. The molecule has 3 aromatic rings. The van der Waals surface area contributed by atoms with Crippen LogP contribution in [0.3, 0.4) is 0 Å². The fourth-order valence-corrected chi connectivity index (χ4v) is 4.56. The molecule has 0 aliphatic carbocycles. The van der Waals surface area contributed by atoms with E-state index in [0.29, 0.717) is 24.5 Å². The minimum Gasteiger partial charge on any atom is -0.482 e. The quantitative estimate of drug-likeness (QED) is 0.566. The highest BCUT2D eigenvalue weighted by atomic mass is 16.5. The van der Waals surface area contributed by atoms with Crippen molar-refractivity contribution in [2.24, 2.45) is 0 Å². The number of nitrogens with zero attached hydrogens (tertiary/aromatic N) is 5. The van der Waals surface area contributed by atoms with Gasteiger partial charge in [0.15, 0.2) is 6.61 Å². The summed E-state index contributed by atoms with van der Waals surface area (Å²) in [6.45, 7) is 4.56. The van der Waals surface area contributed by atoms with Crippen LogP contribution in [0.4, 0.5) is 5.69 Å². The summed E-state index contributed by atoms with van der Waals surface area (Å²) >= 11 is 0. The van der Waals surface area contributed by atoms with Crippen LogP contribution in [0.5, 0.6) is 5.75 Å². The van der Waals surface area contributed by atoms with E-state index in [1.165, 1.54) is 5.56 Å². The summed E-state index contributed by atoms with van der Waals surface area (Å²) in [7, 11) is 0. The van der Waals surface area contributed by atoms with E-state index >= 15 is 0 Å². The maximum Gasteiger partial charge on any atom is 0.265 e. The molecule has 176 valence electrons. The van der Waals surface area contributed by atoms with Gasteiger partial charge < -0.3 is 14.2 Å². The first-order valence-corrected chi connectivity index (χ1v) is 11.7. The largest absolute Gasteiger partial charge is 0.482 e. The monoisotopic (exact) mass is 459 g/mol. The highest BCUT2D eigenvalue weighted by Crippen LogP contribution is 2.31. The van der Waals surface area contributed by atoms with Crippen LogP contribution in [0.25, 0.3) is 0 Å². The fraction of sp³-hybridized carbons (Fsp3) is 0.346. The number of hydrogen-bond acceptors (Lipinski definition) is 5. The second-order valence-electron chi connectivity index (χ2n) is 8.70. The highest BCUT2D eigenvalue weighted by Gasteiger charge is 2.29. The number of para-hydroxylation sites is 2. The Labute approximate surface area is 199 Å². The van der Waals surface area contributed by atoms with E-state index in [9.17, 15) is 9.59 Å². The number of ether oxygens (including phenoxy) is 1. The number of benzene rings is 2. The topological polar surface area (TPSA) is 70.9 Å². The van der Waals surface area contributed by atoms with Gasteiger partial charge in [0.2, 0.25) is 5.91 Å². The maximum atomic E-state index is 13.1. The van der Waals surface area contributed by atoms with Crippen molar-refractivity contribution in [3.8, 4) is 5.75 Å². The van der Waals surface area contributed by atoms with Crippen molar-refractivity contribution in [3.05, 3.63) is 78.4 Å². The molecule has 2 aliphatic heterocycles. The third-order valence-corrected chi connectivity index (χ3v) is 6.41. The lowest BCUT2D eigenvalue weighted by Crippen LogP contribution is -2.47. The predicted octanol–water partition coefficient (Wildman–Crippen LogP) is 2.39. The van der Waals surface area contributed by atoms with Crippen LogP contribution < -0.4 is 9.64 Å². The molecule has 2 aromatic carbocycles. The third-order valence-electron chi connectivity index (χ3n) is 6.41. The van der Waals surface area contributed by atoms with Crippen molar-refractivity contribution in [3.63, 3.8) is 0 Å². The Balaban J connectivity index is 1.19. The average molecular weight is 460 g/mol. The molecule has 1 aromatic heterocycles. The van der Waals surface area contributed by atoms with E-state index in [1.807, 2.05) is 47.6 Å². The summed E-state index contributed by atoms with van der Waals surface area (Å²) in [4.78, 5) is 35.9. The number of fused-ring (bicyclic) bond motifs is 1. The maximum absolute atomic E-state index is 13.1. The van der Waals surface area contributed by atoms with Gasteiger partial charge in [-0.3, -0.25) is 19.4 Å². The molecule has 2 amide bonds. The highest BCUT2D eigenvalue weighted by molar-refractivity contribution is 6.02. The fourth-order valence-electron chi connectivity index (χ4n) is 4.56. The van der Waals surface area contributed by atoms with Gasteiger partial charge in [-0.05, 0) is 24.1 Å². The molecular formula is C26H29N5O3. The van der Waals surface area contributed by atoms with Crippen LogP contribution in [-0.2, 0) is 22.7 Å². The lowest BCUT2D eigenvalue weighted by molar-refractivity contribution is -0.131. The van der Waals surface area contributed by atoms with Crippen molar-refractivity contribution in [1.82, 2.24) is 19.4 Å². The number of aromatic nitrogens is 2. The van der Waals surface area contributed by atoms with Crippen LogP contribution in [0.2, 0.25) is 0 Å². The summed E-state index contributed by atoms with van der Waals surface area (Å²) in [5.74, 6) is 1.45.